The molecule has 0 saturated heterocycles. The summed E-state index contributed by atoms with van der Waals surface area (Å²) in [7, 11) is 0. The van der Waals surface area contributed by atoms with Gasteiger partial charge in [-0.15, -0.1) is 0 Å². The third-order valence-corrected chi connectivity index (χ3v) is 3.00. The molecule has 0 aromatic heterocycles. The SMILES string of the molecule is CCCCCCC[C@@H]1C=CC[C@H](C(F)(F)F)O1. The van der Waals surface area contributed by atoms with Crippen LogP contribution in [0.5, 0.6) is 0 Å². The molecule has 17 heavy (non-hydrogen) atoms. The minimum Gasteiger partial charge on any atom is -0.361 e. The van der Waals surface area contributed by atoms with Gasteiger partial charge in [-0.05, 0) is 6.42 Å². The molecule has 100 valence electrons. The van der Waals surface area contributed by atoms with Gasteiger partial charge in [0, 0.05) is 6.42 Å². The van der Waals surface area contributed by atoms with Gasteiger partial charge in [-0.2, -0.15) is 13.2 Å². The molecule has 0 N–H and O–H groups in total. The molecule has 0 spiro atoms. The summed E-state index contributed by atoms with van der Waals surface area (Å²) >= 11 is 0. The predicted octanol–water partition coefficient (Wildman–Crippen LogP) is 4.62. The molecule has 0 amide bonds. The van der Waals surface area contributed by atoms with Gasteiger partial charge in [0.25, 0.3) is 0 Å². The molecule has 2 atom stereocenters. The minimum atomic E-state index is -4.23. The van der Waals surface area contributed by atoms with Crippen molar-refractivity contribution in [3.8, 4) is 0 Å². The number of alkyl halides is 3. The van der Waals surface area contributed by atoms with E-state index in [1.807, 2.05) is 0 Å². The molecule has 0 aromatic rings. The average Bonchev–Trinajstić information content (AvgIpc) is 2.28. The van der Waals surface area contributed by atoms with E-state index in [4.69, 9.17) is 4.74 Å². The average molecular weight is 250 g/mol. The molecule has 0 aliphatic carbocycles. The lowest BCUT2D eigenvalue weighted by Gasteiger charge is -2.27. The number of unbranched alkanes of at least 4 members (excludes halogenated alkanes) is 4. The fourth-order valence-electron chi connectivity index (χ4n) is 1.99. The Labute approximate surface area is 101 Å². The Balaban J connectivity index is 2.21. The van der Waals surface area contributed by atoms with Crippen LogP contribution < -0.4 is 0 Å². The van der Waals surface area contributed by atoms with Gasteiger partial charge in [0.2, 0.25) is 0 Å². The fraction of sp³-hybridized carbons (Fsp3) is 0.846. The third kappa shape index (κ3) is 5.57. The Hall–Kier alpha value is -0.510. The minimum absolute atomic E-state index is 0.0458. The van der Waals surface area contributed by atoms with Crippen LogP contribution in [0.4, 0.5) is 13.2 Å². The van der Waals surface area contributed by atoms with Gasteiger partial charge in [0.05, 0.1) is 6.10 Å². The van der Waals surface area contributed by atoms with E-state index in [-0.39, 0.29) is 12.5 Å². The van der Waals surface area contributed by atoms with Crippen LogP contribution in [-0.2, 0) is 4.74 Å². The summed E-state index contributed by atoms with van der Waals surface area (Å²) in [6.45, 7) is 2.14. The first kappa shape index (κ1) is 14.6. The van der Waals surface area contributed by atoms with Crippen LogP contribution in [0.2, 0.25) is 0 Å². The Morgan fingerprint density at radius 3 is 2.53 bits per heavy atom. The van der Waals surface area contributed by atoms with Gasteiger partial charge < -0.3 is 4.74 Å². The predicted molar refractivity (Wildman–Crippen MR) is 61.8 cm³/mol. The summed E-state index contributed by atoms with van der Waals surface area (Å²) in [6, 6.07) is 0. The highest BCUT2D eigenvalue weighted by molar-refractivity contribution is 4.97. The summed E-state index contributed by atoms with van der Waals surface area (Å²) in [5, 5.41) is 0. The number of ether oxygens (including phenoxy) is 1. The van der Waals surface area contributed by atoms with Crippen molar-refractivity contribution in [3.05, 3.63) is 12.2 Å². The Morgan fingerprint density at radius 1 is 1.18 bits per heavy atom. The lowest BCUT2D eigenvalue weighted by Crippen LogP contribution is -2.36. The highest BCUT2D eigenvalue weighted by Crippen LogP contribution is 2.30. The van der Waals surface area contributed by atoms with Gasteiger partial charge in [0.15, 0.2) is 6.10 Å². The van der Waals surface area contributed by atoms with Crippen molar-refractivity contribution in [3.63, 3.8) is 0 Å². The molecule has 0 unspecified atom stereocenters. The summed E-state index contributed by atoms with van der Waals surface area (Å²) < 4.78 is 42.4. The maximum absolute atomic E-state index is 12.4. The van der Waals surface area contributed by atoms with Crippen LogP contribution in [0.15, 0.2) is 12.2 Å². The first-order valence-corrected chi connectivity index (χ1v) is 6.43. The van der Waals surface area contributed by atoms with Gasteiger partial charge in [-0.25, -0.2) is 0 Å². The topological polar surface area (TPSA) is 9.23 Å². The molecule has 1 nitrogen and oxygen atoms in total. The smallest absolute Gasteiger partial charge is 0.361 e. The first-order chi connectivity index (χ1) is 8.04. The summed E-state index contributed by atoms with van der Waals surface area (Å²) in [5.41, 5.74) is 0. The molecular weight excluding hydrogens is 229 g/mol. The van der Waals surface area contributed by atoms with Crippen molar-refractivity contribution in [2.45, 2.75) is 70.3 Å². The van der Waals surface area contributed by atoms with Crippen molar-refractivity contribution < 1.29 is 17.9 Å². The van der Waals surface area contributed by atoms with E-state index in [0.717, 1.165) is 19.3 Å². The molecule has 1 heterocycles. The van der Waals surface area contributed by atoms with E-state index in [9.17, 15) is 13.2 Å². The van der Waals surface area contributed by atoms with Crippen molar-refractivity contribution >= 4 is 0 Å². The molecule has 0 aromatic carbocycles. The monoisotopic (exact) mass is 250 g/mol. The van der Waals surface area contributed by atoms with Crippen LogP contribution in [-0.4, -0.2) is 18.4 Å². The van der Waals surface area contributed by atoms with Gasteiger partial charge in [0.1, 0.15) is 0 Å². The Kier molecular flexibility index (Phi) is 6.03. The van der Waals surface area contributed by atoms with Crippen molar-refractivity contribution in [2.75, 3.05) is 0 Å². The standard InChI is InChI=1S/C13H21F3O/c1-2-3-4-5-6-8-11-9-7-10-12(17-11)13(14,15)16/h7,9,11-12H,2-6,8,10H2,1H3/t11-,12-/m1/s1. The summed E-state index contributed by atoms with van der Waals surface area (Å²) in [6.07, 6.45) is 3.40. The fourth-order valence-corrected chi connectivity index (χ4v) is 1.99. The highest BCUT2D eigenvalue weighted by Gasteiger charge is 2.41. The zero-order valence-electron chi connectivity index (χ0n) is 10.3. The highest BCUT2D eigenvalue weighted by atomic mass is 19.4. The van der Waals surface area contributed by atoms with E-state index >= 15 is 0 Å². The summed E-state index contributed by atoms with van der Waals surface area (Å²) in [4.78, 5) is 0. The van der Waals surface area contributed by atoms with Crippen LogP contribution in [0.25, 0.3) is 0 Å². The van der Waals surface area contributed by atoms with Crippen LogP contribution in [0.1, 0.15) is 51.9 Å². The van der Waals surface area contributed by atoms with Gasteiger partial charge >= 0.3 is 6.18 Å². The van der Waals surface area contributed by atoms with E-state index in [1.165, 1.54) is 12.8 Å². The first-order valence-electron chi connectivity index (χ1n) is 6.43. The van der Waals surface area contributed by atoms with E-state index in [1.54, 1.807) is 12.2 Å². The molecule has 0 bridgehead atoms. The second kappa shape index (κ2) is 7.04. The molecule has 0 fully saturated rings. The largest absolute Gasteiger partial charge is 0.414 e. The number of hydrogen-bond donors (Lipinski definition) is 0. The zero-order valence-corrected chi connectivity index (χ0v) is 10.3. The lowest BCUT2D eigenvalue weighted by molar-refractivity contribution is -0.230. The molecule has 0 radical (unpaired) electrons. The molecule has 1 rings (SSSR count). The Bertz CT molecular complexity index is 235. The lowest BCUT2D eigenvalue weighted by atomic mass is 10.0. The van der Waals surface area contributed by atoms with E-state index in [2.05, 4.69) is 6.92 Å². The maximum atomic E-state index is 12.4. The van der Waals surface area contributed by atoms with Crippen LogP contribution in [0, 0.1) is 0 Å². The van der Waals surface area contributed by atoms with Gasteiger partial charge in [-0.3, -0.25) is 0 Å². The van der Waals surface area contributed by atoms with Gasteiger partial charge in [-0.1, -0.05) is 51.2 Å². The normalized spacial score (nSPS) is 25.2. The molecule has 1 aliphatic heterocycles. The van der Waals surface area contributed by atoms with Crippen LogP contribution >= 0.6 is 0 Å². The zero-order chi connectivity index (χ0) is 12.7. The second-order valence-corrected chi connectivity index (χ2v) is 4.57. The van der Waals surface area contributed by atoms with Crippen LogP contribution in [0.3, 0.4) is 0 Å². The summed E-state index contributed by atoms with van der Waals surface area (Å²) in [5.74, 6) is 0. The van der Waals surface area contributed by atoms with E-state index < -0.39 is 12.3 Å². The molecular formula is C13H21F3O. The van der Waals surface area contributed by atoms with Crippen molar-refractivity contribution in [1.82, 2.24) is 0 Å². The molecule has 1 aliphatic rings. The number of rotatable bonds is 6. The van der Waals surface area contributed by atoms with Crippen molar-refractivity contribution in [1.29, 1.82) is 0 Å². The van der Waals surface area contributed by atoms with Crippen molar-refractivity contribution in [2.24, 2.45) is 0 Å². The third-order valence-electron chi connectivity index (χ3n) is 3.00. The number of hydrogen-bond acceptors (Lipinski definition) is 1. The second-order valence-electron chi connectivity index (χ2n) is 4.57. The molecule has 4 heteroatoms. The number of halogens is 3. The molecule has 0 saturated carbocycles. The quantitative estimate of drug-likeness (QED) is 0.493. The Morgan fingerprint density at radius 2 is 1.88 bits per heavy atom. The van der Waals surface area contributed by atoms with E-state index in [0.29, 0.717) is 6.42 Å². The maximum Gasteiger partial charge on any atom is 0.414 e.